The number of ether oxygens (including phenoxy) is 1. The van der Waals surface area contributed by atoms with Crippen molar-refractivity contribution in [2.24, 2.45) is 0 Å². The van der Waals surface area contributed by atoms with E-state index in [9.17, 15) is 4.79 Å². The molecule has 1 atom stereocenters. The average Bonchev–Trinajstić information content (AvgIpc) is 2.76. The highest BCUT2D eigenvalue weighted by Crippen LogP contribution is 2.19. The van der Waals surface area contributed by atoms with E-state index in [4.69, 9.17) is 16.3 Å². The summed E-state index contributed by atoms with van der Waals surface area (Å²) in [6, 6.07) is 0.337. The van der Waals surface area contributed by atoms with E-state index in [1.54, 1.807) is 0 Å². The first-order valence-electron chi connectivity index (χ1n) is 6.15. The van der Waals surface area contributed by atoms with Gasteiger partial charge < -0.3 is 15.0 Å². The Morgan fingerprint density at radius 3 is 3.00 bits per heavy atom. The molecule has 8 heteroatoms. The van der Waals surface area contributed by atoms with Gasteiger partial charge in [0.15, 0.2) is 0 Å². The predicted molar refractivity (Wildman–Crippen MR) is 70.4 cm³/mol. The molecule has 1 aromatic rings. The quantitative estimate of drug-likeness (QED) is 0.874. The number of anilines is 1. The van der Waals surface area contributed by atoms with E-state index >= 15 is 0 Å². The summed E-state index contributed by atoms with van der Waals surface area (Å²) < 4.78 is 5.24. The van der Waals surface area contributed by atoms with Gasteiger partial charge in [0, 0.05) is 26.1 Å². The standard InChI is InChI=1S/C11H16ClN5O2/c1-3-19-11-15-9(12)14-10(16-11)17-5-4-8(6-17)13-7(2)18/h8H,3-6H2,1-2H3,(H,13,18). The zero-order valence-electron chi connectivity index (χ0n) is 10.9. The highest BCUT2D eigenvalue weighted by Gasteiger charge is 2.25. The Morgan fingerprint density at radius 2 is 2.32 bits per heavy atom. The van der Waals surface area contributed by atoms with Crippen LogP contribution in [0.5, 0.6) is 6.01 Å². The van der Waals surface area contributed by atoms with Crippen molar-refractivity contribution in [3.63, 3.8) is 0 Å². The van der Waals surface area contributed by atoms with E-state index < -0.39 is 0 Å². The second-order valence-electron chi connectivity index (χ2n) is 4.25. The van der Waals surface area contributed by atoms with Crippen molar-refractivity contribution in [1.82, 2.24) is 20.3 Å². The fraction of sp³-hybridized carbons (Fsp3) is 0.636. The van der Waals surface area contributed by atoms with Crippen LogP contribution in [0.25, 0.3) is 0 Å². The van der Waals surface area contributed by atoms with E-state index in [1.807, 2.05) is 11.8 Å². The van der Waals surface area contributed by atoms with Gasteiger partial charge in [-0.3, -0.25) is 4.79 Å². The van der Waals surface area contributed by atoms with Crippen LogP contribution in [0, 0.1) is 0 Å². The maximum absolute atomic E-state index is 11.0. The van der Waals surface area contributed by atoms with Gasteiger partial charge in [0.1, 0.15) is 0 Å². The van der Waals surface area contributed by atoms with Gasteiger partial charge in [-0.2, -0.15) is 15.0 Å². The second-order valence-corrected chi connectivity index (χ2v) is 4.59. The molecule has 1 saturated heterocycles. The number of rotatable bonds is 4. The topological polar surface area (TPSA) is 80.2 Å². The fourth-order valence-electron chi connectivity index (χ4n) is 2.00. The summed E-state index contributed by atoms with van der Waals surface area (Å²) in [4.78, 5) is 25.2. The van der Waals surface area contributed by atoms with Crippen LogP contribution in [0.1, 0.15) is 20.3 Å². The number of nitrogens with one attached hydrogen (secondary N) is 1. The normalized spacial score (nSPS) is 18.5. The number of aromatic nitrogens is 3. The molecule has 1 aliphatic rings. The van der Waals surface area contributed by atoms with E-state index in [0.29, 0.717) is 19.1 Å². The first kappa shape index (κ1) is 13.8. The minimum absolute atomic E-state index is 0.0319. The molecule has 104 valence electrons. The Hall–Kier alpha value is -1.63. The Bertz CT molecular complexity index is 470. The molecule has 7 nitrogen and oxygen atoms in total. The molecule has 1 unspecified atom stereocenters. The smallest absolute Gasteiger partial charge is 0.322 e. The van der Waals surface area contributed by atoms with Crippen LogP contribution >= 0.6 is 11.6 Å². The number of halogens is 1. The van der Waals surface area contributed by atoms with Crippen molar-refractivity contribution in [2.45, 2.75) is 26.3 Å². The molecule has 2 rings (SSSR count). The number of nitrogens with zero attached hydrogens (tertiary/aromatic N) is 4. The highest BCUT2D eigenvalue weighted by molar-refractivity contribution is 6.28. The number of amides is 1. The lowest BCUT2D eigenvalue weighted by Crippen LogP contribution is -2.35. The lowest BCUT2D eigenvalue weighted by molar-refractivity contribution is -0.119. The highest BCUT2D eigenvalue weighted by atomic mass is 35.5. The number of hydrogen-bond acceptors (Lipinski definition) is 6. The van der Waals surface area contributed by atoms with Gasteiger partial charge in [-0.1, -0.05) is 0 Å². The zero-order chi connectivity index (χ0) is 13.8. The van der Waals surface area contributed by atoms with Crippen molar-refractivity contribution in [3.8, 4) is 6.01 Å². The van der Waals surface area contributed by atoms with E-state index in [2.05, 4.69) is 20.3 Å². The maximum Gasteiger partial charge on any atom is 0.322 e. The van der Waals surface area contributed by atoms with Gasteiger partial charge in [0.05, 0.1) is 6.61 Å². The first-order valence-corrected chi connectivity index (χ1v) is 6.52. The van der Waals surface area contributed by atoms with Crippen molar-refractivity contribution in [3.05, 3.63) is 5.28 Å². The fourth-order valence-corrected chi connectivity index (χ4v) is 2.15. The molecule has 0 radical (unpaired) electrons. The van der Waals surface area contributed by atoms with Gasteiger partial charge in [-0.05, 0) is 24.9 Å². The molecule has 1 N–H and O–H groups in total. The number of carbonyl (C=O) groups excluding carboxylic acids is 1. The third-order valence-electron chi connectivity index (χ3n) is 2.73. The molecule has 1 fully saturated rings. The van der Waals surface area contributed by atoms with E-state index in [0.717, 1.165) is 13.0 Å². The summed E-state index contributed by atoms with van der Waals surface area (Å²) in [6.07, 6.45) is 0.854. The Morgan fingerprint density at radius 1 is 1.53 bits per heavy atom. The van der Waals surface area contributed by atoms with Crippen molar-refractivity contribution in [2.75, 3.05) is 24.6 Å². The Kier molecular flexibility index (Phi) is 4.36. The van der Waals surface area contributed by atoms with Gasteiger partial charge in [0.25, 0.3) is 0 Å². The summed E-state index contributed by atoms with van der Waals surface area (Å²) in [6.45, 7) is 5.24. The SMILES string of the molecule is CCOc1nc(Cl)nc(N2CCC(NC(C)=O)C2)n1. The molecule has 2 heterocycles. The summed E-state index contributed by atoms with van der Waals surface area (Å²) in [5.74, 6) is 0.451. The first-order chi connectivity index (χ1) is 9.08. The van der Waals surface area contributed by atoms with Crippen LogP contribution < -0.4 is 15.0 Å². The molecule has 0 saturated carbocycles. The summed E-state index contributed by atoms with van der Waals surface area (Å²) >= 11 is 5.85. The Balaban J connectivity index is 2.08. The molecule has 1 aliphatic heterocycles. The molecular weight excluding hydrogens is 270 g/mol. The summed E-state index contributed by atoms with van der Waals surface area (Å²) in [5, 5.41) is 2.99. The number of hydrogen-bond donors (Lipinski definition) is 1. The van der Waals surface area contributed by atoms with Crippen LogP contribution in [0.4, 0.5) is 5.95 Å². The van der Waals surface area contributed by atoms with Crippen LogP contribution in [0.2, 0.25) is 5.28 Å². The average molecular weight is 286 g/mol. The number of carbonyl (C=O) groups is 1. The minimum Gasteiger partial charge on any atom is -0.464 e. The van der Waals surface area contributed by atoms with Gasteiger partial charge in [-0.15, -0.1) is 0 Å². The molecule has 0 bridgehead atoms. The summed E-state index contributed by atoms with van der Waals surface area (Å²) in [5.41, 5.74) is 0. The van der Waals surface area contributed by atoms with E-state index in [-0.39, 0.29) is 23.2 Å². The van der Waals surface area contributed by atoms with E-state index in [1.165, 1.54) is 6.92 Å². The summed E-state index contributed by atoms with van der Waals surface area (Å²) in [7, 11) is 0. The molecule has 1 amide bonds. The molecule has 1 aromatic heterocycles. The molecule has 19 heavy (non-hydrogen) atoms. The van der Waals surface area contributed by atoms with Gasteiger partial charge in [0.2, 0.25) is 17.1 Å². The van der Waals surface area contributed by atoms with Crippen molar-refractivity contribution < 1.29 is 9.53 Å². The lowest BCUT2D eigenvalue weighted by atomic mass is 10.3. The third-order valence-corrected chi connectivity index (χ3v) is 2.90. The van der Waals surface area contributed by atoms with Gasteiger partial charge >= 0.3 is 6.01 Å². The Labute approximate surface area is 116 Å². The van der Waals surface area contributed by atoms with Crippen LogP contribution in [-0.4, -0.2) is 46.6 Å². The maximum atomic E-state index is 11.0. The molecule has 0 spiro atoms. The van der Waals surface area contributed by atoms with Crippen molar-refractivity contribution in [1.29, 1.82) is 0 Å². The van der Waals surface area contributed by atoms with Gasteiger partial charge in [-0.25, -0.2) is 0 Å². The lowest BCUT2D eigenvalue weighted by Gasteiger charge is -2.16. The third kappa shape index (κ3) is 3.66. The zero-order valence-corrected chi connectivity index (χ0v) is 11.6. The van der Waals surface area contributed by atoms with Crippen LogP contribution in [-0.2, 0) is 4.79 Å². The second kappa shape index (κ2) is 6.01. The molecular formula is C11H16ClN5O2. The van der Waals surface area contributed by atoms with Crippen molar-refractivity contribution >= 4 is 23.5 Å². The van der Waals surface area contributed by atoms with Crippen LogP contribution in [0.15, 0.2) is 0 Å². The van der Waals surface area contributed by atoms with Crippen LogP contribution in [0.3, 0.4) is 0 Å². The molecule has 0 aliphatic carbocycles. The monoisotopic (exact) mass is 285 g/mol. The molecule has 0 aromatic carbocycles. The minimum atomic E-state index is -0.0319. The largest absolute Gasteiger partial charge is 0.464 e. The predicted octanol–water partition coefficient (Wildman–Crippen LogP) is 0.638.